The van der Waals surface area contributed by atoms with Gasteiger partial charge in [0.1, 0.15) is 11.6 Å². The Labute approximate surface area is 191 Å². The van der Waals surface area contributed by atoms with Crippen LogP contribution in [-0.4, -0.2) is 45.8 Å². The maximum atomic E-state index is 13.2. The number of fused-ring (bicyclic) bond motifs is 1. The number of carbonyl (C=O) groups is 1. The van der Waals surface area contributed by atoms with Gasteiger partial charge in [-0.15, -0.1) is 0 Å². The molecule has 0 bridgehead atoms. The molecule has 10 heteroatoms. The molecule has 0 saturated carbocycles. The normalized spacial score (nSPS) is 18.3. The molecule has 0 aliphatic carbocycles. The highest BCUT2D eigenvalue weighted by Crippen LogP contribution is 2.35. The Balaban J connectivity index is 1.54. The number of amides is 1. The second-order valence-electron chi connectivity index (χ2n) is 9.07. The molecule has 3 N–H and O–H groups in total. The van der Waals surface area contributed by atoms with Crippen LogP contribution < -0.4 is 11.1 Å². The smallest absolute Gasteiger partial charge is 0.399 e. The van der Waals surface area contributed by atoms with Crippen LogP contribution in [0.2, 0.25) is 0 Å². The average Bonchev–Trinajstić information content (AvgIpc) is 3.17. The standard InChI is InChI=1S/C23H29F3N6O/c1-13(16-8-17(23(24,25)26)10-18(27)9-16)28-21-19-11-32(12-20(19)29-14(2)30-21)22(33)15-4-6-31(3)7-5-15/h8-10,13,15H,4-7,11-12,27H2,1-3H3,(H,28,29,30)/t13-/m1/s1. The van der Waals surface area contributed by atoms with E-state index in [0.29, 0.717) is 30.3 Å². The molecule has 1 amide bonds. The molecule has 2 aliphatic rings. The van der Waals surface area contributed by atoms with Crippen molar-refractivity contribution < 1.29 is 18.0 Å². The number of piperidine rings is 1. The number of nitrogen functional groups attached to an aromatic ring is 1. The van der Waals surface area contributed by atoms with E-state index in [0.717, 1.165) is 49.3 Å². The molecule has 0 radical (unpaired) electrons. The Morgan fingerprint density at radius 2 is 1.88 bits per heavy atom. The molecule has 4 rings (SSSR count). The summed E-state index contributed by atoms with van der Waals surface area (Å²) in [7, 11) is 2.06. The fourth-order valence-electron chi connectivity index (χ4n) is 4.55. The van der Waals surface area contributed by atoms with Gasteiger partial charge in [-0.25, -0.2) is 9.97 Å². The van der Waals surface area contributed by atoms with Crippen molar-refractivity contribution in [2.45, 2.75) is 52.0 Å². The number of halogens is 3. The van der Waals surface area contributed by atoms with Gasteiger partial charge in [-0.05, 0) is 70.6 Å². The molecule has 2 aliphatic heterocycles. The first-order valence-corrected chi connectivity index (χ1v) is 11.1. The van der Waals surface area contributed by atoms with Crippen LogP contribution in [0.3, 0.4) is 0 Å². The summed E-state index contributed by atoms with van der Waals surface area (Å²) in [5.41, 5.74) is 6.99. The Hall–Kier alpha value is -2.88. The molecule has 1 fully saturated rings. The van der Waals surface area contributed by atoms with Crippen LogP contribution in [0.1, 0.15) is 54.0 Å². The van der Waals surface area contributed by atoms with Crippen molar-refractivity contribution in [3.05, 3.63) is 46.4 Å². The molecule has 0 unspecified atom stereocenters. The quantitative estimate of drug-likeness (QED) is 0.673. The molecule has 1 atom stereocenters. The fourth-order valence-corrected chi connectivity index (χ4v) is 4.55. The molecule has 1 aromatic carbocycles. The third-order valence-electron chi connectivity index (χ3n) is 6.43. The lowest BCUT2D eigenvalue weighted by atomic mass is 9.96. The lowest BCUT2D eigenvalue weighted by Gasteiger charge is -2.30. The van der Waals surface area contributed by atoms with Gasteiger partial charge in [0.05, 0.1) is 30.4 Å². The van der Waals surface area contributed by atoms with Gasteiger partial charge in [0.15, 0.2) is 0 Å². The number of hydrogen-bond donors (Lipinski definition) is 2. The lowest BCUT2D eigenvalue weighted by molar-refractivity contribution is -0.138. The molecule has 3 heterocycles. The van der Waals surface area contributed by atoms with E-state index in [-0.39, 0.29) is 17.5 Å². The van der Waals surface area contributed by atoms with Gasteiger partial charge in [0, 0.05) is 17.2 Å². The first-order valence-electron chi connectivity index (χ1n) is 11.1. The highest BCUT2D eigenvalue weighted by Gasteiger charge is 2.34. The topological polar surface area (TPSA) is 87.4 Å². The molecule has 7 nitrogen and oxygen atoms in total. The monoisotopic (exact) mass is 462 g/mol. The number of nitrogens with zero attached hydrogens (tertiary/aromatic N) is 4. The summed E-state index contributed by atoms with van der Waals surface area (Å²) in [6.07, 6.45) is -2.80. The minimum atomic E-state index is -4.48. The van der Waals surface area contributed by atoms with Crippen molar-refractivity contribution >= 4 is 17.4 Å². The average molecular weight is 463 g/mol. The number of benzene rings is 1. The summed E-state index contributed by atoms with van der Waals surface area (Å²) in [6, 6.07) is 3.07. The van der Waals surface area contributed by atoms with Gasteiger partial charge in [-0.2, -0.15) is 13.2 Å². The minimum Gasteiger partial charge on any atom is -0.399 e. The van der Waals surface area contributed by atoms with Crippen LogP contribution in [0, 0.1) is 12.8 Å². The third kappa shape index (κ3) is 5.05. The van der Waals surface area contributed by atoms with E-state index >= 15 is 0 Å². The Bertz CT molecular complexity index is 1050. The maximum Gasteiger partial charge on any atom is 0.416 e. The number of anilines is 2. The van der Waals surface area contributed by atoms with Crippen LogP contribution in [-0.2, 0) is 24.1 Å². The number of nitrogens with one attached hydrogen (secondary N) is 1. The van der Waals surface area contributed by atoms with Crippen molar-refractivity contribution in [1.29, 1.82) is 0 Å². The number of carbonyl (C=O) groups excluding carboxylic acids is 1. The highest BCUT2D eigenvalue weighted by molar-refractivity contribution is 5.80. The van der Waals surface area contributed by atoms with Crippen LogP contribution in [0.4, 0.5) is 24.7 Å². The van der Waals surface area contributed by atoms with Crippen molar-refractivity contribution in [3.63, 3.8) is 0 Å². The van der Waals surface area contributed by atoms with Crippen LogP contribution >= 0.6 is 0 Å². The Morgan fingerprint density at radius 3 is 2.55 bits per heavy atom. The van der Waals surface area contributed by atoms with Crippen LogP contribution in [0.25, 0.3) is 0 Å². The molecule has 1 saturated heterocycles. The van der Waals surface area contributed by atoms with Gasteiger partial charge < -0.3 is 20.9 Å². The van der Waals surface area contributed by atoms with Gasteiger partial charge in [0.2, 0.25) is 5.91 Å². The van der Waals surface area contributed by atoms with E-state index in [2.05, 4.69) is 27.2 Å². The highest BCUT2D eigenvalue weighted by atomic mass is 19.4. The molecule has 33 heavy (non-hydrogen) atoms. The molecule has 1 aromatic heterocycles. The van der Waals surface area contributed by atoms with Gasteiger partial charge >= 0.3 is 6.18 Å². The zero-order chi connectivity index (χ0) is 23.9. The van der Waals surface area contributed by atoms with Crippen LogP contribution in [0.15, 0.2) is 18.2 Å². The van der Waals surface area contributed by atoms with E-state index in [9.17, 15) is 18.0 Å². The van der Waals surface area contributed by atoms with E-state index in [4.69, 9.17) is 5.73 Å². The summed E-state index contributed by atoms with van der Waals surface area (Å²) >= 11 is 0. The second-order valence-corrected chi connectivity index (χ2v) is 9.07. The number of likely N-dealkylation sites (tertiary alicyclic amines) is 1. The first-order chi connectivity index (χ1) is 15.5. The van der Waals surface area contributed by atoms with E-state index in [1.165, 1.54) is 6.07 Å². The largest absolute Gasteiger partial charge is 0.416 e. The van der Waals surface area contributed by atoms with Crippen molar-refractivity contribution in [2.24, 2.45) is 5.92 Å². The van der Waals surface area contributed by atoms with E-state index < -0.39 is 17.8 Å². The Morgan fingerprint density at radius 1 is 1.18 bits per heavy atom. The van der Waals surface area contributed by atoms with Crippen molar-refractivity contribution in [1.82, 2.24) is 19.8 Å². The first kappa shape index (κ1) is 23.3. The zero-order valence-electron chi connectivity index (χ0n) is 19.0. The zero-order valence-corrected chi connectivity index (χ0v) is 19.0. The third-order valence-corrected chi connectivity index (χ3v) is 6.43. The van der Waals surface area contributed by atoms with Crippen molar-refractivity contribution in [2.75, 3.05) is 31.2 Å². The molecule has 2 aromatic rings. The van der Waals surface area contributed by atoms with Crippen LogP contribution in [0.5, 0.6) is 0 Å². The number of rotatable bonds is 4. The minimum absolute atomic E-state index is 0.00739. The maximum absolute atomic E-state index is 13.2. The molecular weight excluding hydrogens is 433 g/mol. The summed E-state index contributed by atoms with van der Waals surface area (Å²) in [5, 5.41) is 3.23. The predicted octanol–water partition coefficient (Wildman–Crippen LogP) is 3.74. The van der Waals surface area contributed by atoms with E-state index in [1.807, 2.05) is 4.90 Å². The number of nitrogens with two attached hydrogens (primary N) is 1. The van der Waals surface area contributed by atoms with Crippen molar-refractivity contribution in [3.8, 4) is 0 Å². The molecule has 0 spiro atoms. The lowest BCUT2D eigenvalue weighted by Crippen LogP contribution is -2.39. The van der Waals surface area contributed by atoms with Gasteiger partial charge in [-0.1, -0.05) is 0 Å². The van der Waals surface area contributed by atoms with E-state index in [1.54, 1.807) is 13.8 Å². The van der Waals surface area contributed by atoms with Gasteiger partial charge in [0.25, 0.3) is 0 Å². The number of hydrogen-bond acceptors (Lipinski definition) is 6. The second kappa shape index (κ2) is 8.81. The summed E-state index contributed by atoms with van der Waals surface area (Å²) < 4.78 is 39.7. The number of alkyl halides is 3. The fraction of sp³-hybridized carbons (Fsp3) is 0.522. The SMILES string of the molecule is Cc1nc2c(c(N[C@H](C)c3cc(N)cc(C(F)(F)F)c3)n1)CN(C(=O)C1CCN(C)CC1)C2. The number of aromatic nitrogens is 2. The van der Waals surface area contributed by atoms with Gasteiger partial charge in [-0.3, -0.25) is 4.79 Å². The summed E-state index contributed by atoms with van der Waals surface area (Å²) in [6.45, 7) is 6.14. The summed E-state index contributed by atoms with van der Waals surface area (Å²) in [4.78, 5) is 26.2. The Kier molecular flexibility index (Phi) is 6.22. The number of aryl methyl sites for hydroxylation is 1. The molecular formula is C23H29F3N6O. The molecule has 178 valence electrons. The summed E-state index contributed by atoms with van der Waals surface area (Å²) in [5.74, 6) is 1.22. The predicted molar refractivity (Wildman–Crippen MR) is 119 cm³/mol.